The summed E-state index contributed by atoms with van der Waals surface area (Å²) >= 11 is 3.54. The van der Waals surface area contributed by atoms with Gasteiger partial charge in [-0.3, -0.25) is 4.79 Å². The van der Waals surface area contributed by atoms with Gasteiger partial charge in [0.2, 0.25) is 5.91 Å². The maximum absolute atomic E-state index is 11.5. The number of carbonyl (C=O) groups excluding carboxylic acids is 1. The second-order valence-electron chi connectivity index (χ2n) is 4.78. The van der Waals surface area contributed by atoms with E-state index in [1.54, 1.807) is 0 Å². The highest BCUT2D eigenvalue weighted by Crippen LogP contribution is 2.39. The third-order valence-corrected chi connectivity index (χ3v) is 3.72. The Hall–Kier alpha value is -0.830. The Labute approximate surface area is 105 Å². The molecule has 3 heteroatoms. The Bertz CT molecular complexity index is 440. The van der Waals surface area contributed by atoms with Gasteiger partial charge in [0.05, 0.1) is 5.69 Å². The Morgan fingerprint density at radius 3 is 2.75 bits per heavy atom. The largest absolute Gasteiger partial charge is 0.325 e. The van der Waals surface area contributed by atoms with Crippen molar-refractivity contribution in [1.29, 1.82) is 0 Å². The topological polar surface area (TPSA) is 29.1 Å². The van der Waals surface area contributed by atoms with E-state index < -0.39 is 0 Å². The van der Waals surface area contributed by atoms with Gasteiger partial charge in [0.15, 0.2) is 0 Å². The monoisotopic (exact) mass is 281 g/mol. The summed E-state index contributed by atoms with van der Waals surface area (Å²) in [4.78, 5) is 11.5. The summed E-state index contributed by atoms with van der Waals surface area (Å²) in [6.07, 6.45) is 0.584. The zero-order valence-corrected chi connectivity index (χ0v) is 11.4. The molecule has 86 valence electrons. The van der Waals surface area contributed by atoms with Crippen molar-refractivity contribution in [3.63, 3.8) is 0 Å². The lowest BCUT2D eigenvalue weighted by Gasteiger charge is -2.25. The molecule has 1 aromatic carbocycles. The molecule has 1 aliphatic rings. The van der Waals surface area contributed by atoms with Crippen LogP contribution >= 0.6 is 15.9 Å². The van der Waals surface area contributed by atoms with E-state index in [-0.39, 0.29) is 5.91 Å². The van der Waals surface area contributed by atoms with Gasteiger partial charge in [-0.2, -0.15) is 0 Å². The molecule has 0 saturated carbocycles. The third kappa shape index (κ3) is 2.01. The average molecular weight is 282 g/mol. The Morgan fingerprint density at radius 1 is 1.44 bits per heavy atom. The molecular formula is C13H16BrNO. The third-order valence-electron chi connectivity index (χ3n) is 3.10. The van der Waals surface area contributed by atoms with Gasteiger partial charge in [0.1, 0.15) is 0 Å². The molecule has 2 nitrogen and oxygen atoms in total. The minimum absolute atomic E-state index is 0.109. The highest BCUT2D eigenvalue weighted by atomic mass is 79.9. The quantitative estimate of drug-likeness (QED) is 0.828. The minimum atomic E-state index is 0.109. The smallest absolute Gasteiger partial charge is 0.225 e. The van der Waals surface area contributed by atoms with E-state index in [1.807, 2.05) is 0 Å². The fraction of sp³-hybridized carbons (Fsp3) is 0.462. The van der Waals surface area contributed by atoms with E-state index in [4.69, 9.17) is 0 Å². The molecule has 1 aromatic rings. The number of amides is 1. The maximum atomic E-state index is 11.5. The number of nitrogens with one attached hydrogen (secondary N) is 1. The Balaban J connectivity index is 2.54. The molecule has 0 unspecified atom stereocenters. The summed E-state index contributed by atoms with van der Waals surface area (Å²) in [5, 5.41) is 2.94. The van der Waals surface area contributed by atoms with Crippen molar-refractivity contribution in [3.05, 3.63) is 27.7 Å². The van der Waals surface area contributed by atoms with Crippen LogP contribution in [0, 0.1) is 0 Å². The molecule has 0 radical (unpaired) electrons. The number of benzene rings is 1. The van der Waals surface area contributed by atoms with Crippen molar-refractivity contribution in [1.82, 2.24) is 0 Å². The van der Waals surface area contributed by atoms with Crippen molar-refractivity contribution in [2.24, 2.45) is 0 Å². The lowest BCUT2D eigenvalue weighted by molar-refractivity contribution is -0.116. The molecule has 0 aromatic heterocycles. The van der Waals surface area contributed by atoms with Crippen LogP contribution < -0.4 is 5.32 Å². The van der Waals surface area contributed by atoms with Gasteiger partial charge in [-0.1, -0.05) is 26.8 Å². The lowest BCUT2D eigenvalue weighted by Crippen LogP contribution is -2.22. The number of hydrogen-bond donors (Lipinski definition) is 1. The average Bonchev–Trinajstić information content (AvgIpc) is 2.19. The Kier molecular flexibility index (Phi) is 3.06. The lowest BCUT2D eigenvalue weighted by atomic mass is 9.89. The summed E-state index contributed by atoms with van der Waals surface area (Å²) in [7, 11) is 0. The van der Waals surface area contributed by atoms with Crippen LogP contribution in [0.2, 0.25) is 0 Å². The van der Waals surface area contributed by atoms with Crippen molar-refractivity contribution >= 4 is 27.5 Å². The van der Waals surface area contributed by atoms with Crippen molar-refractivity contribution in [3.8, 4) is 0 Å². The van der Waals surface area contributed by atoms with E-state index >= 15 is 0 Å². The minimum Gasteiger partial charge on any atom is -0.325 e. The normalized spacial score (nSPS) is 19.6. The number of fused-ring (bicyclic) bond motifs is 1. The number of halogens is 1. The van der Waals surface area contributed by atoms with Crippen LogP contribution in [0.1, 0.15) is 50.2 Å². The molecular weight excluding hydrogens is 266 g/mol. The van der Waals surface area contributed by atoms with Gasteiger partial charge >= 0.3 is 0 Å². The molecule has 2 rings (SSSR count). The molecule has 1 heterocycles. The van der Waals surface area contributed by atoms with Crippen LogP contribution in [0.25, 0.3) is 0 Å². The first-order chi connectivity index (χ1) is 7.49. The first-order valence-corrected chi connectivity index (χ1v) is 6.41. The van der Waals surface area contributed by atoms with Crippen molar-refractivity contribution in [2.75, 3.05) is 5.32 Å². The van der Waals surface area contributed by atoms with Gasteiger partial charge in [-0.05, 0) is 45.0 Å². The molecule has 1 amide bonds. The van der Waals surface area contributed by atoms with Crippen LogP contribution in [0.4, 0.5) is 5.69 Å². The molecule has 0 bridgehead atoms. The molecule has 0 aliphatic carbocycles. The second-order valence-corrected chi connectivity index (χ2v) is 5.63. The second kappa shape index (κ2) is 4.21. The predicted molar refractivity (Wildman–Crippen MR) is 69.9 cm³/mol. The fourth-order valence-electron chi connectivity index (χ4n) is 2.08. The summed E-state index contributed by atoms with van der Waals surface area (Å²) in [6, 6.07) is 4.32. The fourth-order valence-corrected chi connectivity index (χ4v) is 2.67. The van der Waals surface area contributed by atoms with Gasteiger partial charge < -0.3 is 5.32 Å². The zero-order valence-electron chi connectivity index (χ0n) is 9.80. The molecule has 1 atom stereocenters. The molecule has 0 fully saturated rings. The van der Waals surface area contributed by atoms with Gasteiger partial charge in [-0.15, -0.1) is 0 Å². The molecule has 1 aliphatic heterocycles. The van der Waals surface area contributed by atoms with Crippen LogP contribution in [0.5, 0.6) is 0 Å². The van der Waals surface area contributed by atoms with Crippen LogP contribution in [-0.2, 0) is 4.79 Å². The molecule has 1 N–H and O–H groups in total. The van der Waals surface area contributed by atoms with Gasteiger partial charge in [0.25, 0.3) is 0 Å². The van der Waals surface area contributed by atoms with Crippen LogP contribution in [0.3, 0.4) is 0 Å². The Morgan fingerprint density at radius 2 is 2.12 bits per heavy atom. The summed E-state index contributed by atoms with van der Waals surface area (Å²) < 4.78 is 0.994. The summed E-state index contributed by atoms with van der Waals surface area (Å²) in [5.74, 6) is 0.920. The van der Waals surface area contributed by atoms with Gasteiger partial charge in [0, 0.05) is 10.9 Å². The van der Waals surface area contributed by atoms with Crippen molar-refractivity contribution < 1.29 is 4.79 Å². The van der Waals surface area contributed by atoms with E-state index in [0.29, 0.717) is 18.3 Å². The maximum Gasteiger partial charge on any atom is 0.225 e. The number of anilines is 1. The highest BCUT2D eigenvalue weighted by molar-refractivity contribution is 9.10. The molecule has 0 spiro atoms. The molecule has 0 saturated heterocycles. The first-order valence-electron chi connectivity index (χ1n) is 5.62. The predicted octanol–water partition coefficient (Wildman–Crippen LogP) is 4.02. The zero-order chi connectivity index (χ0) is 11.9. The van der Waals surface area contributed by atoms with E-state index in [1.165, 1.54) is 11.1 Å². The van der Waals surface area contributed by atoms with Crippen LogP contribution in [-0.4, -0.2) is 5.91 Å². The highest BCUT2D eigenvalue weighted by Gasteiger charge is 2.24. The van der Waals surface area contributed by atoms with Crippen molar-refractivity contribution in [2.45, 2.75) is 39.0 Å². The van der Waals surface area contributed by atoms with Gasteiger partial charge in [-0.25, -0.2) is 0 Å². The number of carbonyl (C=O) groups is 1. The van der Waals surface area contributed by atoms with E-state index in [2.05, 4.69) is 54.2 Å². The first kappa shape index (κ1) is 11.6. The number of hydrogen-bond acceptors (Lipinski definition) is 1. The summed E-state index contributed by atoms with van der Waals surface area (Å²) in [6.45, 7) is 6.47. The van der Waals surface area contributed by atoms with Crippen LogP contribution in [0.15, 0.2) is 16.6 Å². The SMILES string of the molecule is CC(C)c1cc(Br)c2c(c1)[C@@H](C)CC(=O)N2. The number of rotatable bonds is 1. The van der Waals surface area contributed by atoms with E-state index in [0.717, 1.165) is 10.2 Å². The summed E-state index contributed by atoms with van der Waals surface area (Å²) in [5.41, 5.74) is 3.51. The standard InChI is InChI=1S/C13H16BrNO/c1-7(2)9-5-10-8(3)4-12(16)15-13(10)11(14)6-9/h5-8H,4H2,1-3H3,(H,15,16)/t8-/m0/s1. The molecule has 16 heavy (non-hydrogen) atoms. The van der Waals surface area contributed by atoms with E-state index in [9.17, 15) is 4.79 Å².